The third-order valence-electron chi connectivity index (χ3n) is 3.39. The van der Waals surface area contributed by atoms with E-state index in [0.717, 1.165) is 23.0 Å². The molecule has 0 amide bonds. The van der Waals surface area contributed by atoms with Crippen LogP contribution in [0.15, 0.2) is 18.5 Å². The number of pyridine rings is 1. The molecule has 0 radical (unpaired) electrons. The van der Waals surface area contributed by atoms with Crippen LogP contribution in [0.4, 0.5) is 0 Å². The topological polar surface area (TPSA) is 206 Å². The molecule has 4 atom stereocenters. The van der Waals surface area contributed by atoms with Gasteiger partial charge in [-0.25, -0.2) is 0 Å². The summed E-state index contributed by atoms with van der Waals surface area (Å²) in [7, 11) is -5.35. The number of carboxylic acid groups (broad SMARTS) is 2. The molecule has 1 saturated heterocycles. The zero-order valence-corrected chi connectivity index (χ0v) is 13.1. The van der Waals surface area contributed by atoms with Gasteiger partial charge in [-0.05, 0) is 6.07 Å². The van der Waals surface area contributed by atoms with E-state index in [1.54, 1.807) is 0 Å². The van der Waals surface area contributed by atoms with Crippen molar-refractivity contribution < 1.29 is 58.2 Å². The Bertz CT molecular complexity index is 700. The molecular weight excluding hydrogens is 365 g/mol. The Labute approximate surface area is 139 Å². The van der Waals surface area contributed by atoms with Gasteiger partial charge in [0.2, 0.25) is 0 Å². The lowest BCUT2D eigenvalue weighted by molar-refractivity contribution is -0.766. The number of phosphoric ester groups is 1. The molecule has 25 heavy (non-hydrogen) atoms. The molecule has 0 aromatic carbocycles. The predicted octanol–water partition coefficient (Wildman–Crippen LogP) is -5.83. The van der Waals surface area contributed by atoms with Crippen LogP contribution in [0.3, 0.4) is 0 Å². The minimum absolute atomic E-state index is 0.574. The van der Waals surface area contributed by atoms with Crippen molar-refractivity contribution in [3.63, 3.8) is 0 Å². The summed E-state index contributed by atoms with van der Waals surface area (Å²) in [5.41, 5.74) is -1.15. The fourth-order valence-electron chi connectivity index (χ4n) is 2.25. The van der Waals surface area contributed by atoms with Gasteiger partial charge in [-0.3, -0.25) is 0 Å². The first-order chi connectivity index (χ1) is 11.5. The number of ether oxygens (including phenoxy) is 1. The number of aliphatic hydroxyl groups excluding tert-OH is 2. The third-order valence-corrected chi connectivity index (χ3v) is 3.85. The predicted molar refractivity (Wildman–Crippen MR) is 64.8 cm³/mol. The zero-order valence-electron chi connectivity index (χ0n) is 12.2. The minimum atomic E-state index is -5.35. The summed E-state index contributed by atoms with van der Waals surface area (Å²) in [5, 5.41) is 41.7. The van der Waals surface area contributed by atoms with Crippen molar-refractivity contribution in [2.75, 3.05) is 6.61 Å². The number of nitrogens with zero attached hydrogens (tertiary/aromatic N) is 1. The van der Waals surface area contributed by atoms with Crippen LogP contribution in [-0.2, 0) is 13.8 Å². The maximum atomic E-state index is 11.0. The van der Waals surface area contributed by atoms with Crippen molar-refractivity contribution >= 4 is 19.8 Å². The van der Waals surface area contributed by atoms with Crippen molar-refractivity contribution in [3.8, 4) is 0 Å². The molecule has 1 aromatic rings. The second kappa shape index (κ2) is 7.14. The average molecular weight is 376 g/mol. The van der Waals surface area contributed by atoms with Crippen LogP contribution in [0.2, 0.25) is 0 Å². The largest absolute Gasteiger partial charge is 0.790 e. The molecule has 2 heterocycles. The SMILES string of the molecule is O=C([O-])c1cc(C(=O)[O-])c[n+]([C@@H]2O[C@H](COP(=O)([O-])[O-])[C@@H](O)[C@H]2O)c1. The zero-order chi connectivity index (χ0) is 18.9. The second-order valence-electron chi connectivity index (χ2n) is 5.12. The summed E-state index contributed by atoms with van der Waals surface area (Å²) in [4.78, 5) is 42.8. The van der Waals surface area contributed by atoms with Crippen molar-refractivity contribution in [1.29, 1.82) is 0 Å². The highest BCUT2D eigenvalue weighted by molar-refractivity contribution is 7.43. The molecule has 1 aliphatic rings. The summed E-state index contributed by atoms with van der Waals surface area (Å²) in [5.74, 6) is -3.44. The number of rotatable bonds is 6. The summed E-state index contributed by atoms with van der Waals surface area (Å²) in [6.45, 7) is -0.896. The second-order valence-corrected chi connectivity index (χ2v) is 6.28. The lowest BCUT2D eigenvalue weighted by Crippen LogP contribution is -2.48. The van der Waals surface area contributed by atoms with Gasteiger partial charge in [-0.1, -0.05) is 0 Å². The number of aromatic carboxylic acids is 2. The molecular formula is C12H11NO11P-3. The molecule has 1 aromatic heterocycles. The Morgan fingerprint density at radius 1 is 1.16 bits per heavy atom. The van der Waals surface area contributed by atoms with E-state index in [4.69, 9.17) is 4.74 Å². The highest BCUT2D eigenvalue weighted by Crippen LogP contribution is 2.30. The van der Waals surface area contributed by atoms with E-state index in [2.05, 4.69) is 4.52 Å². The molecule has 12 nitrogen and oxygen atoms in total. The van der Waals surface area contributed by atoms with Crippen LogP contribution >= 0.6 is 7.82 Å². The molecule has 0 saturated carbocycles. The van der Waals surface area contributed by atoms with Crippen LogP contribution in [0, 0.1) is 0 Å². The number of aliphatic hydroxyl groups is 2. The van der Waals surface area contributed by atoms with Gasteiger partial charge in [-0.2, -0.15) is 4.57 Å². The molecule has 138 valence electrons. The lowest BCUT2D eigenvalue weighted by atomic mass is 10.1. The molecule has 2 rings (SSSR count). The van der Waals surface area contributed by atoms with Crippen molar-refractivity contribution in [3.05, 3.63) is 29.6 Å². The van der Waals surface area contributed by atoms with Crippen molar-refractivity contribution in [2.24, 2.45) is 0 Å². The Kier molecular flexibility index (Phi) is 5.54. The molecule has 0 aliphatic carbocycles. The third kappa shape index (κ3) is 4.58. The minimum Gasteiger partial charge on any atom is -0.790 e. The van der Waals surface area contributed by atoms with E-state index in [1.165, 1.54) is 0 Å². The molecule has 13 heteroatoms. The van der Waals surface area contributed by atoms with Gasteiger partial charge in [0.15, 0.2) is 18.5 Å². The van der Waals surface area contributed by atoms with E-state index in [0.29, 0.717) is 0 Å². The van der Waals surface area contributed by atoms with E-state index < -0.39 is 62.0 Å². The van der Waals surface area contributed by atoms with Gasteiger partial charge < -0.3 is 53.6 Å². The van der Waals surface area contributed by atoms with Crippen LogP contribution < -0.4 is 24.6 Å². The molecule has 0 spiro atoms. The maximum Gasteiger partial charge on any atom is 0.292 e. The van der Waals surface area contributed by atoms with Crippen LogP contribution in [0.25, 0.3) is 0 Å². The van der Waals surface area contributed by atoms with E-state index in [1.807, 2.05) is 0 Å². The normalized spacial score (nSPS) is 26.6. The summed E-state index contributed by atoms with van der Waals surface area (Å²) in [6, 6.07) is 0.755. The molecule has 1 fully saturated rings. The van der Waals surface area contributed by atoms with Gasteiger partial charge in [0.05, 0.1) is 37.5 Å². The standard InChI is InChI=1S/C12H14NO11P/c14-8-7(4-23-25(20,21)22)24-10(9(8)15)13-2-5(11(16)17)1-6(3-13)12(18)19/h1-3,7-10,14-15H,4H2,(H3-,16,17,18,19,20,21,22)/p-3/t7-,8-,9-,10-/m1/s1. The number of hydrogen-bond donors (Lipinski definition) is 2. The molecule has 1 aliphatic heterocycles. The van der Waals surface area contributed by atoms with E-state index in [9.17, 15) is 44.4 Å². The van der Waals surface area contributed by atoms with Crippen LogP contribution in [0.5, 0.6) is 0 Å². The highest BCUT2D eigenvalue weighted by Gasteiger charge is 2.48. The first kappa shape index (κ1) is 19.4. The molecule has 2 N–H and O–H groups in total. The van der Waals surface area contributed by atoms with Crippen molar-refractivity contribution in [2.45, 2.75) is 24.5 Å². The fourth-order valence-corrected chi connectivity index (χ4v) is 2.58. The Hall–Kier alpha value is -1.92. The Balaban J connectivity index is 2.30. The number of hydrogen-bond acceptors (Lipinski definition) is 11. The van der Waals surface area contributed by atoms with E-state index in [-0.39, 0.29) is 0 Å². The van der Waals surface area contributed by atoms with Gasteiger partial charge in [0.25, 0.3) is 6.23 Å². The highest BCUT2D eigenvalue weighted by atomic mass is 31.2. The van der Waals surface area contributed by atoms with E-state index >= 15 is 0 Å². The fraction of sp³-hybridized carbons (Fsp3) is 0.417. The van der Waals surface area contributed by atoms with Gasteiger partial charge in [-0.15, -0.1) is 0 Å². The first-order valence-electron chi connectivity index (χ1n) is 6.66. The summed E-state index contributed by atoms with van der Waals surface area (Å²) in [6.07, 6.45) is -4.58. The monoisotopic (exact) mass is 376 g/mol. The van der Waals surface area contributed by atoms with Gasteiger partial charge in [0, 0.05) is 0 Å². The lowest BCUT2D eigenvalue weighted by Gasteiger charge is -2.30. The number of carbonyl (C=O) groups is 2. The van der Waals surface area contributed by atoms with Crippen LogP contribution in [-0.4, -0.2) is 47.1 Å². The summed E-state index contributed by atoms with van der Waals surface area (Å²) >= 11 is 0. The number of carbonyl (C=O) groups excluding carboxylic acids is 2. The summed E-state index contributed by atoms with van der Waals surface area (Å²) < 4.78 is 20.4. The smallest absolute Gasteiger partial charge is 0.292 e. The Morgan fingerprint density at radius 2 is 1.68 bits per heavy atom. The molecule has 0 unspecified atom stereocenters. The quantitative estimate of drug-likeness (QED) is 0.353. The van der Waals surface area contributed by atoms with Crippen molar-refractivity contribution in [1.82, 2.24) is 0 Å². The van der Waals surface area contributed by atoms with Gasteiger partial charge in [0.1, 0.15) is 12.2 Å². The average Bonchev–Trinajstić information content (AvgIpc) is 2.79. The Morgan fingerprint density at radius 3 is 2.12 bits per heavy atom. The number of aromatic nitrogens is 1. The van der Waals surface area contributed by atoms with Crippen LogP contribution in [0.1, 0.15) is 26.9 Å². The molecule has 0 bridgehead atoms. The number of carboxylic acids is 2. The van der Waals surface area contributed by atoms with Gasteiger partial charge >= 0.3 is 0 Å². The number of phosphoric acid groups is 1. The maximum absolute atomic E-state index is 11.0. The first-order valence-corrected chi connectivity index (χ1v) is 8.12.